The molecule has 0 spiro atoms. The number of anilines is 1. The van der Waals surface area contributed by atoms with Crippen LogP contribution in [0, 0.1) is 0 Å². The molecule has 0 aliphatic carbocycles. The number of nitrogen functional groups attached to an aromatic ring is 1. The number of esters is 2. The van der Waals surface area contributed by atoms with E-state index in [0.29, 0.717) is 0 Å². The monoisotopic (exact) mass is 239 g/mol. The molecule has 0 bridgehead atoms. The number of nitrogens with two attached hydrogens (primary N) is 1. The first-order valence-electron chi connectivity index (χ1n) is 4.69. The summed E-state index contributed by atoms with van der Waals surface area (Å²) in [6.45, 7) is 0. The highest BCUT2D eigenvalue weighted by Crippen LogP contribution is 2.28. The van der Waals surface area contributed by atoms with E-state index in [-0.39, 0.29) is 22.6 Å². The van der Waals surface area contributed by atoms with Crippen LogP contribution in [-0.2, 0) is 9.47 Å². The molecule has 6 nitrogen and oxygen atoms in total. The van der Waals surface area contributed by atoms with Crippen LogP contribution in [-0.4, -0.2) is 33.3 Å². The van der Waals surface area contributed by atoms with Gasteiger partial charge in [-0.1, -0.05) is 0 Å². The summed E-state index contributed by atoms with van der Waals surface area (Å²) in [6.07, 6.45) is 0. The van der Waals surface area contributed by atoms with Crippen LogP contribution in [0.15, 0.2) is 12.1 Å². The lowest BCUT2D eigenvalue weighted by Gasteiger charge is -2.10. The molecule has 0 amide bonds. The van der Waals surface area contributed by atoms with Gasteiger partial charge < -0.3 is 19.9 Å². The molecule has 1 rings (SSSR count). The van der Waals surface area contributed by atoms with E-state index in [9.17, 15) is 9.59 Å². The third-order valence-corrected chi connectivity index (χ3v) is 2.19. The number of carbonyl (C=O) groups excluding carboxylic acids is 2. The molecule has 0 heterocycles. The molecule has 0 aromatic heterocycles. The number of methoxy groups -OCH3 is 3. The van der Waals surface area contributed by atoms with Crippen LogP contribution in [0.3, 0.4) is 0 Å². The van der Waals surface area contributed by atoms with E-state index < -0.39 is 11.9 Å². The minimum absolute atomic E-state index is 0.0623. The second kappa shape index (κ2) is 5.20. The number of hydrogen-bond donors (Lipinski definition) is 1. The Hall–Kier alpha value is -2.24. The fourth-order valence-electron chi connectivity index (χ4n) is 1.31. The Morgan fingerprint density at radius 2 is 1.65 bits per heavy atom. The van der Waals surface area contributed by atoms with Gasteiger partial charge in [-0.15, -0.1) is 0 Å². The van der Waals surface area contributed by atoms with E-state index in [4.69, 9.17) is 10.5 Å². The Balaban J connectivity index is 3.38. The smallest absolute Gasteiger partial charge is 0.340 e. The highest BCUT2D eigenvalue weighted by Gasteiger charge is 2.18. The van der Waals surface area contributed by atoms with Crippen molar-refractivity contribution in [2.24, 2.45) is 0 Å². The van der Waals surface area contributed by atoms with E-state index >= 15 is 0 Å². The van der Waals surface area contributed by atoms with Gasteiger partial charge in [0.25, 0.3) is 0 Å². The number of carbonyl (C=O) groups is 2. The fourth-order valence-corrected chi connectivity index (χ4v) is 1.31. The SMILES string of the molecule is COC(=O)c1cc(OC)c(N)c(C(=O)OC)c1. The van der Waals surface area contributed by atoms with Crippen molar-refractivity contribution >= 4 is 17.6 Å². The number of ether oxygens (including phenoxy) is 3. The first-order valence-corrected chi connectivity index (χ1v) is 4.69. The average Bonchev–Trinajstić information content (AvgIpc) is 2.37. The molecule has 2 N–H and O–H groups in total. The number of rotatable bonds is 3. The summed E-state index contributed by atoms with van der Waals surface area (Å²) in [5.74, 6) is -1.02. The van der Waals surface area contributed by atoms with Crippen molar-refractivity contribution in [3.05, 3.63) is 23.3 Å². The van der Waals surface area contributed by atoms with E-state index in [1.165, 1.54) is 33.5 Å². The van der Waals surface area contributed by atoms with Gasteiger partial charge in [-0.05, 0) is 12.1 Å². The van der Waals surface area contributed by atoms with Crippen molar-refractivity contribution in [3.63, 3.8) is 0 Å². The molecular weight excluding hydrogens is 226 g/mol. The number of hydrogen-bond acceptors (Lipinski definition) is 6. The first kappa shape index (κ1) is 12.8. The molecule has 0 aliphatic rings. The summed E-state index contributed by atoms with van der Waals surface area (Å²) in [5.41, 5.74) is 6.05. The molecule has 0 saturated carbocycles. The van der Waals surface area contributed by atoms with Crippen molar-refractivity contribution in [2.75, 3.05) is 27.1 Å². The molecule has 0 radical (unpaired) electrons. The van der Waals surface area contributed by atoms with Gasteiger partial charge in [-0.25, -0.2) is 9.59 Å². The zero-order valence-electron chi connectivity index (χ0n) is 9.77. The van der Waals surface area contributed by atoms with Gasteiger partial charge in [-0.2, -0.15) is 0 Å². The minimum Gasteiger partial charge on any atom is -0.495 e. The van der Waals surface area contributed by atoms with Gasteiger partial charge in [0.1, 0.15) is 5.75 Å². The lowest BCUT2D eigenvalue weighted by molar-refractivity contribution is 0.0599. The van der Waals surface area contributed by atoms with Crippen molar-refractivity contribution in [1.82, 2.24) is 0 Å². The summed E-state index contributed by atoms with van der Waals surface area (Å²) in [5, 5.41) is 0. The van der Waals surface area contributed by atoms with Crippen molar-refractivity contribution in [1.29, 1.82) is 0 Å². The molecule has 0 saturated heterocycles. The van der Waals surface area contributed by atoms with Crippen molar-refractivity contribution in [3.8, 4) is 5.75 Å². The lowest BCUT2D eigenvalue weighted by atomic mass is 10.1. The van der Waals surface area contributed by atoms with Gasteiger partial charge in [0.15, 0.2) is 0 Å². The van der Waals surface area contributed by atoms with Crippen LogP contribution in [0.4, 0.5) is 5.69 Å². The third-order valence-electron chi connectivity index (χ3n) is 2.19. The largest absolute Gasteiger partial charge is 0.495 e. The van der Waals surface area contributed by atoms with Crippen LogP contribution >= 0.6 is 0 Å². The zero-order valence-corrected chi connectivity index (χ0v) is 9.77. The Morgan fingerprint density at radius 1 is 1.06 bits per heavy atom. The molecule has 0 fully saturated rings. The van der Waals surface area contributed by atoms with E-state index in [0.717, 1.165) is 0 Å². The molecule has 92 valence electrons. The molecular formula is C11H13NO5. The predicted octanol–water partition coefficient (Wildman–Crippen LogP) is 0.851. The van der Waals surface area contributed by atoms with E-state index in [2.05, 4.69) is 9.47 Å². The topological polar surface area (TPSA) is 87.9 Å². The third kappa shape index (κ3) is 2.47. The maximum atomic E-state index is 11.5. The maximum absolute atomic E-state index is 11.5. The van der Waals surface area contributed by atoms with Gasteiger partial charge >= 0.3 is 11.9 Å². The van der Waals surface area contributed by atoms with Gasteiger partial charge in [-0.3, -0.25) is 0 Å². The lowest BCUT2D eigenvalue weighted by Crippen LogP contribution is -2.10. The highest BCUT2D eigenvalue weighted by atomic mass is 16.5. The quantitative estimate of drug-likeness (QED) is 0.621. The van der Waals surface area contributed by atoms with Crippen LogP contribution in [0.2, 0.25) is 0 Å². The minimum atomic E-state index is -0.647. The van der Waals surface area contributed by atoms with Gasteiger partial charge in [0, 0.05) is 0 Å². The Labute approximate surface area is 98.3 Å². The van der Waals surface area contributed by atoms with E-state index in [1.807, 2.05) is 0 Å². The zero-order chi connectivity index (χ0) is 13.0. The van der Waals surface area contributed by atoms with Crippen LogP contribution in [0.1, 0.15) is 20.7 Å². The Bertz CT molecular complexity index is 455. The summed E-state index contributed by atoms with van der Waals surface area (Å²) >= 11 is 0. The second-order valence-corrected chi connectivity index (χ2v) is 3.12. The summed E-state index contributed by atoms with van der Waals surface area (Å²) in [7, 11) is 3.84. The van der Waals surface area contributed by atoms with Gasteiger partial charge in [0.2, 0.25) is 0 Å². The summed E-state index contributed by atoms with van der Waals surface area (Å²) in [4.78, 5) is 22.8. The summed E-state index contributed by atoms with van der Waals surface area (Å²) in [6, 6.07) is 2.70. The number of benzene rings is 1. The predicted molar refractivity (Wildman–Crippen MR) is 60.1 cm³/mol. The highest BCUT2D eigenvalue weighted by molar-refractivity contribution is 6.00. The molecule has 1 aromatic carbocycles. The van der Waals surface area contributed by atoms with Crippen molar-refractivity contribution < 1.29 is 23.8 Å². The van der Waals surface area contributed by atoms with Crippen LogP contribution < -0.4 is 10.5 Å². The Morgan fingerprint density at radius 3 is 2.12 bits per heavy atom. The first-order chi connectivity index (χ1) is 8.04. The standard InChI is InChI=1S/C11H13NO5/c1-15-8-5-6(10(13)16-2)4-7(9(8)12)11(14)17-3/h4-5H,12H2,1-3H3. The average molecular weight is 239 g/mol. The van der Waals surface area contributed by atoms with E-state index in [1.54, 1.807) is 0 Å². The summed E-state index contributed by atoms with van der Waals surface area (Å²) < 4.78 is 14.1. The molecule has 0 atom stereocenters. The van der Waals surface area contributed by atoms with Crippen molar-refractivity contribution in [2.45, 2.75) is 0 Å². The molecule has 17 heavy (non-hydrogen) atoms. The molecule has 0 aliphatic heterocycles. The molecule has 0 unspecified atom stereocenters. The van der Waals surface area contributed by atoms with Gasteiger partial charge in [0.05, 0.1) is 38.1 Å². The van der Waals surface area contributed by atoms with Crippen LogP contribution in [0.5, 0.6) is 5.75 Å². The second-order valence-electron chi connectivity index (χ2n) is 3.12. The fraction of sp³-hybridized carbons (Fsp3) is 0.273. The van der Waals surface area contributed by atoms with Crippen LogP contribution in [0.25, 0.3) is 0 Å². The Kier molecular flexibility index (Phi) is 3.92. The molecule has 1 aromatic rings. The maximum Gasteiger partial charge on any atom is 0.340 e. The molecule has 6 heteroatoms. The normalized spacial score (nSPS) is 9.59.